The van der Waals surface area contributed by atoms with Crippen LogP contribution in [0.3, 0.4) is 0 Å². The summed E-state index contributed by atoms with van der Waals surface area (Å²) in [6, 6.07) is 1.80. The van der Waals surface area contributed by atoms with E-state index >= 15 is 0 Å². The predicted octanol–water partition coefficient (Wildman–Crippen LogP) is 2.70. The summed E-state index contributed by atoms with van der Waals surface area (Å²) in [6.07, 6.45) is 3.89. The molecule has 1 aliphatic rings. The zero-order valence-electron chi connectivity index (χ0n) is 5.85. The zero-order chi connectivity index (χ0) is 8.27. The van der Waals surface area contributed by atoms with E-state index in [1.54, 1.807) is 12.1 Å². The largest absolute Gasteiger partial charge is 0.206 e. The molecule has 1 aliphatic carbocycles. The molecule has 3 heteroatoms. The SMILES string of the molecule is N#CC1=CCC(CBr)C=C1F. The van der Waals surface area contributed by atoms with Crippen molar-refractivity contribution in [1.82, 2.24) is 0 Å². The first-order valence-electron chi connectivity index (χ1n) is 3.32. The van der Waals surface area contributed by atoms with Gasteiger partial charge >= 0.3 is 0 Å². The van der Waals surface area contributed by atoms with Crippen molar-refractivity contribution < 1.29 is 4.39 Å². The second-order valence-corrected chi connectivity index (χ2v) is 3.04. The summed E-state index contributed by atoms with van der Waals surface area (Å²) in [4.78, 5) is 0. The third-order valence-electron chi connectivity index (χ3n) is 1.58. The van der Waals surface area contributed by atoms with Crippen LogP contribution in [0.1, 0.15) is 6.42 Å². The van der Waals surface area contributed by atoms with Gasteiger partial charge in [-0.2, -0.15) is 5.26 Å². The van der Waals surface area contributed by atoms with E-state index < -0.39 is 0 Å². The Morgan fingerprint density at radius 3 is 3.00 bits per heavy atom. The van der Waals surface area contributed by atoms with Gasteiger partial charge in [0.05, 0.1) is 5.57 Å². The van der Waals surface area contributed by atoms with Crippen LogP contribution in [0.5, 0.6) is 0 Å². The van der Waals surface area contributed by atoms with Gasteiger partial charge in [0.25, 0.3) is 0 Å². The molecule has 11 heavy (non-hydrogen) atoms. The highest BCUT2D eigenvalue weighted by Gasteiger charge is 2.13. The summed E-state index contributed by atoms with van der Waals surface area (Å²) in [5, 5.41) is 9.16. The van der Waals surface area contributed by atoms with E-state index in [1.165, 1.54) is 6.08 Å². The van der Waals surface area contributed by atoms with Crippen molar-refractivity contribution in [3.05, 3.63) is 23.6 Å². The van der Waals surface area contributed by atoms with E-state index in [9.17, 15) is 4.39 Å². The molecule has 0 N–H and O–H groups in total. The summed E-state index contributed by atoms with van der Waals surface area (Å²) in [5.41, 5.74) is 0.169. The van der Waals surface area contributed by atoms with E-state index in [4.69, 9.17) is 5.26 Å². The van der Waals surface area contributed by atoms with E-state index in [-0.39, 0.29) is 17.3 Å². The fraction of sp³-hybridized carbons (Fsp3) is 0.375. The average molecular weight is 216 g/mol. The van der Waals surface area contributed by atoms with Crippen molar-refractivity contribution >= 4 is 15.9 Å². The number of nitriles is 1. The molecule has 0 heterocycles. The van der Waals surface area contributed by atoms with Crippen LogP contribution in [0.25, 0.3) is 0 Å². The van der Waals surface area contributed by atoms with Gasteiger partial charge in [-0.05, 0) is 18.4 Å². The monoisotopic (exact) mass is 215 g/mol. The van der Waals surface area contributed by atoms with Crippen molar-refractivity contribution in [3.63, 3.8) is 0 Å². The minimum atomic E-state index is -0.386. The third-order valence-corrected chi connectivity index (χ3v) is 2.41. The van der Waals surface area contributed by atoms with Gasteiger partial charge in [-0.15, -0.1) is 0 Å². The molecule has 0 saturated heterocycles. The quantitative estimate of drug-likeness (QED) is 0.618. The number of alkyl halides is 1. The number of hydrogen-bond donors (Lipinski definition) is 0. The lowest BCUT2D eigenvalue weighted by Gasteiger charge is -2.11. The van der Waals surface area contributed by atoms with Crippen molar-refractivity contribution in [1.29, 1.82) is 5.26 Å². The van der Waals surface area contributed by atoms with Crippen molar-refractivity contribution in [2.45, 2.75) is 6.42 Å². The lowest BCUT2D eigenvalue weighted by molar-refractivity contribution is 0.611. The summed E-state index contributed by atoms with van der Waals surface area (Å²) in [7, 11) is 0. The maximum Gasteiger partial charge on any atom is 0.136 e. The van der Waals surface area contributed by atoms with Crippen molar-refractivity contribution in [2.75, 3.05) is 5.33 Å². The molecule has 0 aromatic carbocycles. The minimum absolute atomic E-state index is 0.169. The van der Waals surface area contributed by atoms with E-state index in [0.29, 0.717) is 0 Å². The number of hydrogen-bond acceptors (Lipinski definition) is 1. The Bertz CT molecular complexity index is 249. The average Bonchev–Trinajstić information content (AvgIpc) is 2.04. The number of allylic oxidation sites excluding steroid dienone is 4. The molecule has 1 rings (SSSR count). The number of rotatable bonds is 1. The first kappa shape index (κ1) is 8.48. The standard InChI is InChI=1S/C8H7BrFN/c9-4-6-1-2-7(5-11)8(10)3-6/h2-3,6H,1,4H2. The molecular formula is C8H7BrFN. The van der Waals surface area contributed by atoms with Crippen LogP contribution in [0.2, 0.25) is 0 Å². The van der Waals surface area contributed by atoms with Gasteiger partial charge in [0.2, 0.25) is 0 Å². The van der Waals surface area contributed by atoms with E-state index in [1.807, 2.05) is 0 Å². The van der Waals surface area contributed by atoms with Gasteiger partial charge < -0.3 is 0 Å². The highest BCUT2D eigenvalue weighted by atomic mass is 79.9. The van der Waals surface area contributed by atoms with Crippen LogP contribution in [0.4, 0.5) is 4.39 Å². The van der Waals surface area contributed by atoms with Crippen LogP contribution in [-0.2, 0) is 0 Å². The molecule has 0 bridgehead atoms. The Hall–Kier alpha value is -0.620. The fourth-order valence-corrected chi connectivity index (χ4v) is 1.39. The number of nitrogens with zero attached hydrogens (tertiary/aromatic N) is 1. The minimum Gasteiger partial charge on any atom is -0.206 e. The van der Waals surface area contributed by atoms with Gasteiger partial charge in [0.15, 0.2) is 0 Å². The van der Waals surface area contributed by atoms with Gasteiger partial charge in [0.1, 0.15) is 11.9 Å². The molecule has 1 nitrogen and oxygen atoms in total. The summed E-state index contributed by atoms with van der Waals surface area (Å²) in [5.74, 6) is -0.185. The highest BCUT2D eigenvalue weighted by Crippen LogP contribution is 2.24. The molecule has 0 amide bonds. The molecule has 0 aromatic rings. The second kappa shape index (κ2) is 3.68. The van der Waals surface area contributed by atoms with Crippen LogP contribution < -0.4 is 0 Å². The van der Waals surface area contributed by atoms with E-state index in [0.717, 1.165) is 11.8 Å². The zero-order valence-corrected chi connectivity index (χ0v) is 7.44. The smallest absolute Gasteiger partial charge is 0.136 e. The topological polar surface area (TPSA) is 23.8 Å². The molecule has 1 atom stereocenters. The molecule has 1 unspecified atom stereocenters. The van der Waals surface area contributed by atoms with Gasteiger partial charge in [-0.1, -0.05) is 22.0 Å². The summed E-state index contributed by atoms with van der Waals surface area (Å²) < 4.78 is 12.8. The van der Waals surface area contributed by atoms with Gasteiger partial charge in [-0.3, -0.25) is 0 Å². The van der Waals surface area contributed by atoms with Crippen molar-refractivity contribution in [2.24, 2.45) is 5.92 Å². The molecular weight excluding hydrogens is 209 g/mol. The Labute approximate surface area is 73.3 Å². The lowest BCUT2D eigenvalue weighted by atomic mass is 9.98. The van der Waals surface area contributed by atoms with Crippen LogP contribution >= 0.6 is 15.9 Å². The lowest BCUT2D eigenvalue weighted by Crippen LogP contribution is -2.02. The Kier molecular flexibility index (Phi) is 2.84. The molecule has 0 aromatic heterocycles. The number of halogens is 2. The summed E-state index contributed by atoms with van der Waals surface area (Å²) in [6.45, 7) is 0. The molecule has 0 radical (unpaired) electrons. The molecule has 58 valence electrons. The molecule has 0 aliphatic heterocycles. The van der Waals surface area contributed by atoms with Gasteiger partial charge in [-0.25, -0.2) is 4.39 Å². The Balaban J connectivity index is 2.76. The van der Waals surface area contributed by atoms with Crippen LogP contribution in [0.15, 0.2) is 23.6 Å². The first-order chi connectivity index (χ1) is 5.27. The van der Waals surface area contributed by atoms with Gasteiger partial charge in [0, 0.05) is 5.33 Å². The summed E-state index contributed by atoms with van der Waals surface area (Å²) >= 11 is 3.26. The van der Waals surface area contributed by atoms with Crippen molar-refractivity contribution in [3.8, 4) is 6.07 Å². The maximum absolute atomic E-state index is 12.8. The molecule has 0 saturated carbocycles. The predicted molar refractivity (Wildman–Crippen MR) is 44.8 cm³/mol. The molecule has 0 spiro atoms. The molecule has 0 fully saturated rings. The maximum atomic E-state index is 12.8. The Morgan fingerprint density at radius 2 is 2.55 bits per heavy atom. The van der Waals surface area contributed by atoms with Crippen LogP contribution in [0, 0.1) is 17.2 Å². The highest BCUT2D eigenvalue weighted by molar-refractivity contribution is 9.09. The van der Waals surface area contributed by atoms with Crippen LogP contribution in [-0.4, -0.2) is 5.33 Å². The second-order valence-electron chi connectivity index (χ2n) is 2.39. The third kappa shape index (κ3) is 1.90. The normalized spacial score (nSPS) is 23.5. The Morgan fingerprint density at radius 1 is 1.82 bits per heavy atom. The first-order valence-corrected chi connectivity index (χ1v) is 4.44. The fourth-order valence-electron chi connectivity index (χ4n) is 0.938. The van der Waals surface area contributed by atoms with E-state index in [2.05, 4.69) is 15.9 Å².